The van der Waals surface area contributed by atoms with Crippen LogP contribution in [0.4, 0.5) is 23.2 Å². The van der Waals surface area contributed by atoms with Crippen molar-refractivity contribution in [2.24, 2.45) is 0 Å². The van der Waals surface area contributed by atoms with Crippen LogP contribution in [0.3, 0.4) is 0 Å². The molecule has 0 aliphatic heterocycles. The number of alkyl halides is 3. The lowest BCUT2D eigenvalue weighted by molar-refractivity contribution is -0.137. The molecule has 0 saturated carbocycles. The molecular formula is C28H17Cl2F4N3O3S. The molecule has 4 aromatic carbocycles. The quantitative estimate of drug-likeness (QED) is 0.188. The predicted molar refractivity (Wildman–Crippen MR) is 150 cm³/mol. The second-order valence-corrected chi connectivity index (χ2v) is 11.6. The van der Waals surface area contributed by atoms with Crippen LogP contribution in [0, 0.1) is 5.82 Å². The summed E-state index contributed by atoms with van der Waals surface area (Å²) in [6.45, 7) is 0. The minimum absolute atomic E-state index is 0.0118. The van der Waals surface area contributed by atoms with E-state index in [2.05, 4.69) is 5.10 Å². The zero-order valence-corrected chi connectivity index (χ0v) is 23.2. The Labute approximate surface area is 241 Å². The number of amides is 1. The maximum atomic E-state index is 15.4. The Morgan fingerprint density at radius 3 is 2.15 bits per heavy atom. The van der Waals surface area contributed by atoms with Gasteiger partial charge in [-0.2, -0.15) is 18.3 Å². The van der Waals surface area contributed by atoms with Gasteiger partial charge < -0.3 is 0 Å². The van der Waals surface area contributed by atoms with Gasteiger partial charge in [-0.05, 0) is 53.6 Å². The molecule has 1 heterocycles. The van der Waals surface area contributed by atoms with Crippen molar-refractivity contribution in [3.63, 3.8) is 0 Å². The number of sulfonamides is 1. The molecular weight excluding hydrogens is 605 g/mol. The van der Waals surface area contributed by atoms with Gasteiger partial charge in [0.05, 0.1) is 39.3 Å². The normalized spacial score (nSPS) is 12.1. The highest BCUT2D eigenvalue weighted by molar-refractivity contribution is 7.92. The van der Waals surface area contributed by atoms with E-state index in [1.807, 2.05) is 0 Å². The molecule has 5 rings (SSSR count). The van der Waals surface area contributed by atoms with Crippen molar-refractivity contribution in [2.75, 3.05) is 10.6 Å². The first kappa shape index (κ1) is 28.6. The molecule has 13 heteroatoms. The van der Waals surface area contributed by atoms with E-state index in [4.69, 9.17) is 23.2 Å². The maximum Gasteiger partial charge on any atom is 0.416 e. The molecule has 0 N–H and O–H groups in total. The van der Waals surface area contributed by atoms with Gasteiger partial charge in [0.15, 0.2) is 5.15 Å². The Bertz CT molecular complexity index is 1910. The molecule has 5 aromatic rings. The number of rotatable bonds is 5. The Balaban J connectivity index is 1.54. The highest BCUT2D eigenvalue weighted by atomic mass is 35.5. The van der Waals surface area contributed by atoms with Gasteiger partial charge in [0, 0.05) is 11.5 Å². The average molecular weight is 622 g/mol. The van der Waals surface area contributed by atoms with E-state index in [0.29, 0.717) is 26.3 Å². The zero-order valence-electron chi connectivity index (χ0n) is 20.8. The first-order chi connectivity index (χ1) is 19.3. The fourth-order valence-corrected chi connectivity index (χ4v) is 5.67. The summed E-state index contributed by atoms with van der Waals surface area (Å²) in [5, 5.41) is 4.53. The SMILES string of the molecule is CS(=O)(=O)N(C(=O)c1cc(Cl)c(-n2nc(Cl)c3cc(-c4ccc(C(F)(F)F)cc4)ccc32)cc1F)c1ccccc1. The van der Waals surface area contributed by atoms with Crippen molar-refractivity contribution < 1.29 is 30.8 Å². The van der Waals surface area contributed by atoms with Crippen molar-refractivity contribution in [3.8, 4) is 16.8 Å². The van der Waals surface area contributed by atoms with Gasteiger partial charge in [0.2, 0.25) is 10.0 Å². The average Bonchev–Trinajstić information content (AvgIpc) is 3.24. The summed E-state index contributed by atoms with van der Waals surface area (Å²) in [6, 6.07) is 18.9. The second-order valence-electron chi connectivity index (χ2n) is 8.96. The van der Waals surface area contributed by atoms with Gasteiger partial charge in [-0.1, -0.05) is 59.6 Å². The lowest BCUT2D eigenvalue weighted by atomic mass is 10.0. The third-order valence-electron chi connectivity index (χ3n) is 6.18. The van der Waals surface area contributed by atoms with Gasteiger partial charge >= 0.3 is 6.18 Å². The van der Waals surface area contributed by atoms with Crippen LogP contribution < -0.4 is 4.31 Å². The number of aromatic nitrogens is 2. The smallest absolute Gasteiger partial charge is 0.267 e. The molecule has 0 saturated heterocycles. The first-order valence-corrected chi connectivity index (χ1v) is 14.3. The number of anilines is 1. The third kappa shape index (κ3) is 5.52. The number of halogens is 6. The lowest BCUT2D eigenvalue weighted by Crippen LogP contribution is -2.36. The van der Waals surface area contributed by atoms with Crippen LogP contribution in [0.5, 0.6) is 0 Å². The highest BCUT2D eigenvalue weighted by Crippen LogP contribution is 2.35. The molecule has 0 bridgehead atoms. The van der Waals surface area contributed by atoms with E-state index < -0.39 is 39.1 Å². The number of hydrogen-bond donors (Lipinski definition) is 0. The largest absolute Gasteiger partial charge is 0.416 e. The number of hydrogen-bond acceptors (Lipinski definition) is 4. The fraction of sp³-hybridized carbons (Fsp3) is 0.0714. The summed E-state index contributed by atoms with van der Waals surface area (Å²) in [7, 11) is -4.14. The van der Waals surface area contributed by atoms with Crippen LogP contribution in [0.1, 0.15) is 15.9 Å². The summed E-state index contributed by atoms with van der Waals surface area (Å²) < 4.78 is 80.8. The Morgan fingerprint density at radius 1 is 0.902 bits per heavy atom. The lowest BCUT2D eigenvalue weighted by Gasteiger charge is -2.21. The number of carbonyl (C=O) groups excluding carboxylic acids is 1. The molecule has 0 aliphatic rings. The van der Waals surface area contributed by atoms with Crippen molar-refractivity contribution in [2.45, 2.75) is 6.18 Å². The monoisotopic (exact) mass is 621 g/mol. The van der Waals surface area contributed by atoms with Crippen molar-refractivity contribution in [3.05, 3.63) is 112 Å². The summed E-state index contributed by atoms with van der Waals surface area (Å²) in [4.78, 5) is 13.2. The number of benzene rings is 4. The minimum atomic E-state index is -4.47. The summed E-state index contributed by atoms with van der Waals surface area (Å²) in [5.41, 5.74) is 0.138. The highest BCUT2D eigenvalue weighted by Gasteiger charge is 2.31. The first-order valence-electron chi connectivity index (χ1n) is 11.7. The van der Waals surface area contributed by atoms with E-state index in [1.54, 1.807) is 24.3 Å². The van der Waals surface area contributed by atoms with Gasteiger partial charge in [0.1, 0.15) is 5.82 Å². The second kappa shape index (κ2) is 10.5. The van der Waals surface area contributed by atoms with Gasteiger partial charge in [-0.15, -0.1) is 0 Å². The van der Waals surface area contributed by atoms with Crippen LogP contribution in [-0.4, -0.2) is 30.4 Å². The molecule has 6 nitrogen and oxygen atoms in total. The van der Waals surface area contributed by atoms with Gasteiger partial charge in [-0.3, -0.25) is 4.79 Å². The van der Waals surface area contributed by atoms with Crippen molar-refractivity contribution in [1.29, 1.82) is 0 Å². The van der Waals surface area contributed by atoms with E-state index >= 15 is 4.39 Å². The molecule has 1 aromatic heterocycles. The molecule has 41 heavy (non-hydrogen) atoms. The van der Waals surface area contributed by atoms with E-state index in [0.717, 1.165) is 30.5 Å². The van der Waals surface area contributed by atoms with E-state index in [9.17, 15) is 26.4 Å². The number of fused-ring (bicyclic) bond motifs is 1. The number of para-hydroxylation sites is 1. The molecule has 1 amide bonds. The molecule has 0 aliphatic carbocycles. The number of nitrogens with zero attached hydrogens (tertiary/aromatic N) is 3. The van der Waals surface area contributed by atoms with Crippen LogP contribution in [-0.2, 0) is 16.2 Å². The van der Waals surface area contributed by atoms with Gasteiger partial charge in [0.25, 0.3) is 5.91 Å². The van der Waals surface area contributed by atoms with E-state index in [-0.39, 0.29) is 21.6 Å². The molecule has 0 unspecified atom stereocenters. The number of carbonyl (C=O) groups is 1. The van der Waals surface area contributed by atoms with Crippen LogP contribution in [0.15, 0.2) is 84.9 Å². The Kier molecular flexibility index (Phi) is 7.31. The van der Waals surface area contributed by atoms with Gasteiger partial charge in [-0.25, -0.2) is 21.8 Å². The van der Waals surface area contributed by atoms with Crippen molar-refractivity contribution in [1.82, 2.24) is 9.78 Å². The van der Waals surface area contributed by atoms with Crippen LogP contribution in [0.2, 0.25) is 10.2 Å². The summed E-state index contributed by atoms with van der Waals surface area (Å²) >= 11 is 12.8. The topological polar surface area (TPSA) is 72.3 Å². The molecule has 0 radical (unpaired) electrons. The molecule has 210 valence electrons. The molecule has 0 atom stereocenters. The van der Waals surface area contributed by atoms with E-state index in [1.165, 1.54) is 41.1 Å². The summed E-state index contributed by atoms with van der Waals surface area (Å²) in [6.07, 6.45) is -3.64. The maximum absolute atomic E-state index is 15.4. The van der Waals surface area contributed by atoms with Crippen LogP contribution in [0.25, 0.3) is 27.7 Å². The Hall–Kier alpha value is -3.93. The minimum Gasteiger partial charge on any atom is -0.267 e. The summed E-state index contributed by atoms with van der Waals surface area (Å²) in [5.74, 6) is -2.20. The third-order valence-corrected chi connectivity index (χ3v) is 7.80. The zero-order chi connectivity index (χ0) is 29.7. The molecule has 0 fully saturated rings. The molecule has 0 spiro atoms. The standard InChI is InChI=1S/C28H17Cl2F4N3O3S/c1-41(39,40)37(19-5-3-2-4-6-19)27(38)20-14-22(29)25(15-23(20)31)36-24-12-9-17(13-21(24)26(30)35-36)16-7-10-18(11-8-16)28(32,33)34/h2-15H,1H3. The van der Waals surface area contributed by atoms with Crippen molar-refractivity contribution >= 4 is 55.7 Å². The fourth-order valence-electron chi connectivity index (χ4n) is 4.29. The Morgan fingerprint density at radius 2 is 1.54 bits per heavy atom. The van der Waals surface area contributed by atoms with Crippen LogP contribution >= 0.6 is 23.2 Å². The predicted octanol–water partition coefficient (Wildman–Crippen LogP) is 7.76.